The Morgan fingerprint density at radius 1 is 0.787 bits per heavy atom. The normalized spacial score (nSPS) is 24.2. The molecule has 0 radical (unpaired) electrons. The summed E-state index contributed by atoms with van der Waals surface area (Å²) < 4.78 is 2.62. The first-order valence-corrected chi connectivity index (χ1v) is 18.3. The van der Waals surface area contributed by atoms with Crippen LogP contribution in [0.25, 0.3) is 38.5 Å². The molecule has 240 valence electrons. The van der Waals surface area contributed by atoms with Gasteiger partial charge in [-0.3, -0.25) is 0 Å². The fourth-order valence-corrected chi connectivity index (χ4v) is 9.72. The van der Waals surface area contributed by atoms with E-state index in [2.05, 4.69) is 154 Å². The summed E-state index contributed by atoms with van der Waals surface area (Å²) in [4.78, 5) is 2.70. The Morgan fingerprint density at radius 2 is 1.47 bits per heavy atom. The number of benzene rings is 4. The minimum atomic E-state index is 0.264. The van der Waals surface area contributed by atoms with Crippen LogP contribution in [-0.4, -0.2) is 10.6 Å². The van der Waals surface area contributed by atoms with Crippen molar-refractivity contribution in [1.29, 1.82) is 0 Å². The first-order valence-electron chi connectivity index (χ1n) is 18.3. The summed E-state index contributed by atoms with van der Waals surface area (Å²) in [7, 11) is 0. The molecule has 0 spiro atoms. The van der Waals surface area contributed by atoms with E-state index < -0.39 is 0 Å². The molecule has 5 atom stereocenters. The van der Waals surface area contributed by atoms with Crippen LogP contribution in [0.3, 0.4) is 0 Å². The van der Waals surface area contributed by atoms with Crippen LogP contribution in [0.2, 0.25) is 0 Å². The summed E-state index contributed by atoms with van der Waals surface area (Å²) in [5.41, 5.74) is 7.48. The van der Waals surface area contributed by atoms with Crippen LogP contribution in [0.1, 0.15) is 91.3 Å². The molecule has 5 unspecified atom stereocenters. The van der Waals surface area contributed by atoms with Crippen LogP contribution in [0.5, 0.6) is 0 Å². The van der Waals surface area contributed by atoms with E-state index in [1.807, 2.05) is 0 Å². The van der Waals surface area contributed by atoms with Gasteiger partial charge in [0.1, 0.15) is 0 Å². The number of allylic oxidation sites excluding steroid dienone is 5. The Labute approximate surface area is 281 Å². The molecule has 3 aliphatic carbocycles. The van der Waals surface area contributed by atoms with Gasteiger partial charge < -0.3 is 9.47 Å². The second kappa shape index (κ2) is 11.6. The van der Waals surface area contributed by atoms with Crippen molar-refractivity contribution in [2.45, 2.75) is 91.8 Å². The fraction of sp³-hybridized carbons (Fsp3) is 0.378. The first-order chi connectivity index (χ1) is 22.8. The number of rotatable bonds is 9. The van der Waals surface area contributed by atoms with Crippen molar-refractivity contribution in [3.8, 4) is 0 Å². The summed E-state index contributed by atoms with van der Waals surface area (Å²) in [6.45, 7) is 14.4. The summed E-state index contributed by atoms with van der Waals surface area (Å²) in [6.07, 6.45) is 18.5. The average Bonchev–Trinajstić information content (AvgIpc) is 3.57. The van der Waals surface area contributed by atoms with Gasteiger partial charge >= 0.3 is 0 Å². The van der Waals surface area contributed by atoms with E-state index in [-0.39, 0.29) is 11.5 Å². The highest BCUT2D eigenvalue weighted by molar-refractivity contribution is 6.10. The Bertz CT molecular complexity index is 2120. The van der Waals surface area contributed by atoms with Crippen LogP contribution in [0, 0.1) is 17.3 Å². The van der Waals surface area contributed by atoms with E-state index in [1.54, 1.807) is 0 Å². The van der Waals surface area contributed by atoms with Gasteiger partial charge in [0.05, 0.1) is 6.04 Å². The van der Waals surface area contributed by atoms with E-state index in [1.165, 1.54) is 92.3 Å². The zero-order chi connectivity index (χ0) is 32.4. The van der Waals surface area contributed by atoms with E-state index in [0.717, 1.165) is 0 Å². The van der Waals surface area contributed by atoms with Crippen LogP contribution in [0.15, 0.2) is 108 Å². The van der Waals surface area contributed by atoms with E-state index >= 15 is 0 Å². The number of hydrogen-bond donors (Lipinski definition) is 0. The Balaban J connectivity index is 1.22. The van der Waals surface area contributed by atoms with Crippen LogP contribution in [-0.2, 0) is 0 Å². The molecule has 2 nitrogen and oxygen atoms in total. The molecule has 1 aromatic heterocycles. The molecule has 1 fully saturated rings. The molecule has 2 heteroatoms. The maximum absolute atomic E-state index is 2.70. The third kappa shape index (κ3) is 4.66. The lowest BCUT2D eigenvalue weighted by Gasteiger charge is -2.57. The Hall–Kier alpha value is -4.04. The highest BCUT2D eigenvalue weighted by Gasteiger charge is 2.52. The third-order valence-electron chi connectivity index (χ3n) is 12.1. The monoisotopic (exact) mass is 618 g/mol. The topological polar surface area (TPSA) is 8.17 Å². The van der Waals surface area contributed by atoms with Crippen molar-refractivity contribution in [3.05, 3.63) is 119 Å². The van der Waals surface area contributed by atoms with Gasteiger partial charge in [-0.1, -0.05) is 126 Å². The molecule has 4 aliphatic rings. The summed E-state index contributed by atoms with van der Waals surface area (Å²) in [6, 6.07) is 28.6. The van der Waals surface area contributed by atoms with Gasteiger partial charge in [0.25, 0.3) is 0 Å². The summed E-state index contributed by atoms with van der Waals surface area (Å²) in [5, 5.41) is 8.27. The second-order valence-corrected chi connectivity index (χ2v) is 15.3. The van der Waals surface area contributed by atoms with Crippen molar-refractivity contribution < 1.29 is 0 Å². The van der Waals surface area contributed by atoms with Gasteiger partial charge in [0.15, 0.2) is 0 Å². The largest absolute Gasteiger partial charge is 0.358 e. The zero-order valence-corrected chi connectivity index (χ0v) is 29.1. The molecule has 2 heterocycles. The number of fused-ring (bicyclic) bond motifs is 1. The first kappa shape index (κ1) is 30.3. The molecule has 2 bridgehead atoms. The number of hydrogen-bond acceptors (Lipinski definition) is 1. The molecule has 1 aliphatic heterocycles. The van der Waals surface area contributed by atoms with Crippen LogP contribution in [0.4, 0.5) is 5.69 Å². The number of nitrogens with zero attached hydrogens (tertiary/aromatic N) is 2. The molecule has 5 aromatic rings. The minimum absolute atomic E-state index is 0.264. The van der Waals surface area contributed by atoms with E-state index in [9.17, 15) is 0 Å². The minimum Gasteiger partial charge on any atom is -0.358 e. The van der Waals surface area contributed by atoms with Crippen molar-refractivity contribution in [2.75, 3.05) is 4.90 Å². The van der Waals surface area contributed by atoms with E-state index in [4.69, 9.17) is 0 Å². The van der Waals surface area contributed by atoms with Crippen molar-refractivity contribution >= 4 is 44.2 Å². The third-order valence-corrected chi connectivity index (χ3v) is 12.1. The van der Waals surface area contributed by atoms with Crippen LogP contribution < -0.4 is 10.2 Å². The molecule has 0 amide bonds. The summed E-state index contributed by atoms with van der Waals surface area (Å²) >= 11 is 0. The van der Waals surface area contributed by atoms with Gasteiger partial charge in [-0.05, 0) is 96.1 Å². The van der Waals surface area contributed by atoms with Crippen molar-refractivity contribution in [2.24, 2.45) is 17.3 Å². The zero-order valence-electron chi connectivity index (χ0n) is 29.1. The second-order valence-electron chi connectivity index (χ2n) is 15.3. The van der Waals surface area contributed by atoms with Crippen molar-refractivity contribution in [1.82, 2.24) is 4.57 Å². The SMILES string of the molecule is CCCC(C)N1c2cccc3cccc(c23)C1C=CC1=CC(=CC=c2c3cccc4cccc(c43)n2C(C)CCC)C2CC1C2(C)C. The molecule has 47 heavy (non-hydrogen) atoms. The predicted octanol–water partition coefficient (Wildman–Crippen LogP) is 11.6. The molecule has 4 aromatic carbocycles. The van der Waals surface area contributed by atoms with Crippen LogP contribution >= 0.6 is 0 Å². The van der Waals surface area contributed by atoms with Gasteiger partial charge in [0, 0.05) is 44.8 Å². The van der Waals surface area contributed by atoms with Gasteiger partial charge in [-0.15, -0.1) is 0 Å². The van der Waals surface area contributed by atoms with Crippen molar-refractivity contribution in [3.63, 3.8) is 0 Å². The highest BCUT2D eigenvalue weighted by Crippen LogP contribution is 2.61. The standard InChI is InChI=1S/C45H50N2/c1-7-13-29(3)46-39(35-19-9-15-31-17-11-21-41(46)43(31)35)25-23-33-27-34(38-28-37(33)45(38,5)6)24-26-40-36-20-10-16-32-18-12-22-42(44(32)36)47(40)30(4)14-8-2/h9-12,15-27,29-30,37-39H,7-8,13-14,28H2,1-6H3. The Kier molecular flexibility index (Phi) is 7.47. The van der Waals surface area contributed by atoms with E-state index in [0.29, 0.717) is 23.9 Å². The average molecular weight is 619 g/mol. The van der Waals surface area contributed by atoms with Gasteiger partial charge in [0.2, 0.25) is 0 Å². The molecule has 0 N–H and O–H groups in total. The molecular weight excluding hydrogens is 569 g/mol. The summed E-state index contributed by atoms with van der Waals surface area (Å²) in [5.74, 6) is 1.22. The maximum Gasteiger partial charge on any atom is 0.0739 e. The molecule has 0 saturated heterocycles. The lowest BCUT2D eigenvalue weighted by atomic mass is 9.47. The predicted molar refractivity (Wildman–Crippen MR) is 203 cm³/mol. The smallest absolute Gasteiger partial charge is 0.0739 e. The van der Waals surface area contributed by atoms with Gasteiger partial charge in [-0.2, -0.15) is 0 Å². The molecule has 9 rings (SSSR count). The number of aromatic nitrogens is 1. The Morgan fingerprint density at radius 3 is 2.21 bits per heavy atom. The lowest BCUT2D eigenvalue weighted by Crippen LogP contribution is -2.48. The highest BCUT2D eigenvalue weighted by atomic mass is 15.2. The molecule has 1 saturated carbocycles. The lowest BCUT2D eigenvalue weighted by molar-refractivity contribution is 0.0265. The maximum atomic E-state index is 2.70. The quantitative estimate of drug-likeness (QED) is 0.160. The molecular formula is C45H50N2. The number of anilines is 1. The van der Waals surface area contributed by atoms with Gasteiger partial charge in [-0.25, -0.2) is 0 Å². The fourth-order valence-electron chi connectivity index (χ4n) is 9.72.